The van der Waals surface area contributed by atoms with Gasteiger partial charge < -0.3 is 10.2 Å². The van der Waals surface area contributed by atoms with E-state index in [2.05, 4.69) is 61.2 Å². The predicted octanol–water partition coefficient (Wildman–Crippen LogP) is 8.48. The van der Waals surface area contributed by atoms with Gasteiger partial charge in [-0.15, -0.1) is 9.24 Å². The number of aryl methyl sites for hydroxylation is 4. The summed E-state index contributed by atoms with van der Waals surface area (Å²) in [6.07, 6.45) is 13.7. The Kier molecular flexibility index (Phi) is 12.3. The molecule has 2 nitrogen and oxygen atoms in total. The summed E-state index contributed by atoms with van der Waals surface area (Å²) in [6.45, 7) is 8.84. The molecule has 0 bridgehead atoms. The van der Waals surface area contributed by atoms with Crippen LogP contribution in [0.25, 0.3) is 0 Å². The topological polar surface area (TPSA) is 40.5 Å². The Morgan fingerprint density at radius 3 is 1.30 bits per heavy atom. The molecular formula is C30H47O2P. The van der Waals surface area contributed by atoms with E-state index in [9.17, 15) is 10.2 Å². The summed E-state index contributed by atoms with van der Waals surface area (Å²) in [5.74, 6) is 0.841. The van der Waals surface area contributed by atoms with Gasteiger partial charge in [0.15, 0.2) is 0 Å². The van der Waals surface area contributed by atoms with Gasteiger partial charge in [-0.2, -0.15) is 0 Å². The smallest absolute Gasteiger partial charge is 0.122 e. The predicted molar refractivity (Wildman–Crippen MR) is 147 cm³/mol. The number of rotatable bonds is 15. The third-order valence-electron chi connectivity index (χ3n) is 6.78. The van der Waals surface area contributed by atoms with Crippen LogP contribution in [0.4, 0.5) is 0 Å². The van der Waals surface area contributed by atoms with Crippen molar-refractivity contribution in [2.75, 3.05) is 6.16 Å². The van der Waals surface area contributed by atoms with Crippen LogP contribution in [0.1, 0.15) is 118 Å². The number of unbranched alkanes of at least 4 members (excludes halogenated alkanes) is 4. The minimum atomic E-state index is -0.0288. The van der Waals surface area contributed by atoms with Crippen LogP contribution in [-0.4, -0.2) is 16.4 Å². The first-order valence-corrected chi connectivity index (χ1v) is 14.2. The third kappa shape index (κ3) is 7.74. The van der Waals surface area contributed by atoms with Gasteiger partial charge in [-0.25, -0.2) is 0 Å². The van der Waals surface area contributed by atoms with Crippen molar-refractivity contribution in [1.82, 2.24) is 0 Å². The van der Waals surface area contributed by atoms with Crippen molar-refractivity contribution in [2.24, 2.45) is 0 Å². The van der Waals surface area contributed by atoms with Crippen LogP contribution >= 0.6 is 9.24 Å². The van der Waals surface area contributed by atoms with Crippen LogP contribution in [0.5, 0.6) is 11.5 Å². The average Bonchev–Trinajstić information content (AvgIpc) is 2.82. The van der Waals surface area contributed by atoms with Crippen LogP contribution in [0.2, 0.25) is 0 Å². The highest BCUT2D eigenvalue weighted by atomic mass is 31.0. The minimum absolute atomic E-state index is 0.0288. The van der Waals surface area contributed by atoms with E-state index < -0.39 is 0 Å². The molecule has 0 amide bonds. The molecule has 2 aromatic carbocycles. The summed E-state index contributed by atoms with van der Waals surface area (Å²) in [7, 11) is 2.87. The fraction of sp³-hybridized carbons (Fsp3) is 0.600. The Bertz CT molecular complexity index is 789. The second-order valence-corrected chi connectivity index (χ2v) is 10.1. The van der Waals surface area contributed by atoms with Gasteiger partial charge in [-0.3, -0.25) is 0 Å². The molecule has 1 unspecified atom stereocenters. The molecule has 0 saturated heterocycles. The first-order valence-electron chi connectivity index (χ1n) is 13.4. The van der Waals surface area contributed by atoms with E-state index in [0.29, 0.717) is 11.5 Å². The van der Waals surface area contributed by atoms with Gasteiger partial charge in [0, 0.05) is 17.0 Å². The Labute approximate surface area is 205 Å². The molecule has 184 valence electrons. The van der Waals surface area contributed by atoms with Gasteiger partial charge in [-0.05, 0) is 79.8 Å². The molecule has 33 heavy (non-hydrogen) atoms. The summed E-state index contributed by atoms with van der Waals surface area (Å²) >= 11 is 0. The summed E-state index contributed by atoms with van der Waals surface area (Å²) in [5, 5.41) is 22.7. The summed E-state index contributed by atoms with van der Waals surface area (Å²) in [5.41, 5.74) is 6.72. The van der Waals surface area contributed by atoms with Gasteiger partial charge in [0.25, 0.3) is 0 Å². The van der Waals surface area contributed by atoms with Gasteiger partial charge in [0.05, 0.1) is 0 Å². The standard InChI is InChI=1S/C30H47O2P/c1-5-9-13-22-17-24(15-11-7-3)29(31)26(19-22)28(21-33)27-20-23(14-10-6-2)18-25(30(27)32)16-12-8-4/h17-20,28,31-32H,5-16,21,33H2,1-4H3. The zero-order chi connectivity index (χ0) is 24.2. The monoisotopic (exact) mass is 470 g/mol. The second-order valence-electron chi connectivity index (χ2n) is 9.59. The van der Waals surface area contributed by atoms with Gasteiger partial charge in [0.2, 0.25) is 0 Å². The zero-order valence-corrected chi connectivity index (χ0v) is 22.7. The molecule has 0 aromatic heterocycles. The van der Waals surface area contributed by atoms with E-state index in [0.717, 1.165) is 105 Å². The Morgan fingerprint density at radius 2 is 0.970 bits per heavy atom. The van der Waals surface area contributed by atoms with Gasteiger partial charge >= 0.3 is 0 Å². The second kappa shape index (κ2) is 14.7. The highest BCUT2D eigenvalue weighted by Gasteiger charge is 2.24. The third-order valence-corrected chi connectivity index (χ3v) is 7.25. The fourth-order valence-corrected chi connectivity index (χ4v) is 5.20. The first kappa shape index (κ1) is 27.7. The lowest BCUT2D eigenvalue weighted by atomic mass is 9.84. The molecule has 2 aromatic rings. The summed E-state index contributed by atoms with van der Waals surface area (Å²) in [4.78, 5) is 0. The molecule has 0 spiro atoms. The quantitative estimate of drug-likeness (QED) is 0.256. The largest absolute Gasteiger partial charge is 0.507 e. The van der Waals surface area contributed by atoms with Gasteiger partial charge in [0.1, 0.15) is 11.5 Å². The molecule has 1 atom stereocenters. The number of benzene rings is 2. The Morgan fingerprint density at radius 1 is 0.606 bits per heavy atom. The SMILES string of the molecule is CCCCc1cc(CCCC)c(O)c(C(CP)c2cc(CCCC)cc(CCCC)c2O)c1. The number of hydrogen-bond acceptors (Lipinski definition) is 2. The van der Waals surface area contributed by atoms with E-state index in [1.54, 1.807) is 0 Å². The zero-order valence-electron chi connectivity index (χ0n) is 21.6. The first-order chi connectivity index (χ1) is 16.0. The molecule has 0 radical (unpaired) electrons. The van der Waals surface area contributed by atoms with Crippen LogP contribution < -0.4 is 0 Å². The van der Waals surface area contributed by atoms with E-state index in [1.807, 2.05) is 0 Å². The van der Waals surface area contributed by atoms with E-state index in [-0.39, 0.29) is 5.92 Å². The molecule has 0 fully saturated rings. The van der Waals surface area contributed by atoms with E-state index in [4.69, 9.17) is 0 Å². The molecule has 2 N–H and O–H groups in total. The van der Waals surface area contributed by atoms with Crippen molar-refractivity contribution >= 4 is 9.24 Å². The van der Waals surface area contributed by atoms with E-state index in [1.165, 1.54) is 11.1 Å². The lowest BCUT2D eigenvalue weighted by Crippen LogP contribution is -2.08. The van der Waals surface area contributed by atoms with E-state index >= 15 is 0 Å². The van der Waals surface area contributed by atoms with Crippen LogP contribution in [0.3, 0.4) is 0 Å². The number of phenolic OH excluding ortho intramolecular Hbond substituents is 2. The maximum atomic E-state index is 11.3. The number of phenols is 2. The highest BCUT2D eigenvalue weighted by molar-refractivity contribution is 7.16. The van der Waals surface area contributed by atoms with Crippen LogP contribution in [0.15, 0.2) is 24.3 Å². The summed E-state index contributed by atoms with van der Waals surface area (Å²) in [6, 6.07) is 8.85. The maximum Gasteiger partial charge on any atom is 0.122 e. The average molecular weight is 471 g/mol. The van der Waals surface area contributed by atoms with Crippen molar-refractivity contribution in [1.29, 1.82) is 0 Å². The molecule has 0 aliphatic heterocycles. The Balaban J connectivity index is 2.61. The van der Waals surface area contributed by atoms with Crippen molar-refractivity contribution in [3.8, 4) is 11.5 Å². The Hall–Kier alpha value is -1.53. The molecule has 3 heteroatoms. The van der Waals surface area contributed by atoms with Crippen LogP contribution in [0, 0.1) is 0 Å². The molecular weight excluding hydrogens is 423 g/mol. The van der Waals surface area contributed by atoms with Crippen molar-refractivity contribution in [3.05, 3.63) is 57.6 Å². The lowest BCUT2D eigenvalue weighted by Gasteiger charge is -2.24. The molecule has 0 aliphatic rings. The fourth-order valence-electron chi connectivity index (χ4n) is 4.69. The van der Waals surface area contributed by atoms with Gasteiger partial charge in [-0.1, -0.05) is 77.6 Å². The van der Waals surface area contributed by atoms with Crippen LogP contribution in [-0.2, 0) is 25.7 Å². The number of hydrogen-bond donors (Lipinski definition) is 2. The maximum absolute atomic E-state index is 11.3. The van der Waals surface area contributed by atoms with Crippen molar-refractivity contribution in [2.45, 2.75) is 111 Å². The molecule has 0 aliphatic carbocycles. The molecule has 0 heterocycles. The van der Waals surface area contributed by atoms with Crippen molar-refractivity contribution < 1.29 is 10.2 Å². The lowest BCUT2D eigenvalue weighted by molar-refractivity contribution is 0.448. The molecule has 0 saturated carbocycles. The minimum Gasteiger partial charge on any atom is -0.507 e. The number of aromatic hydroxyl groups is 2. The summed E-state index contributed by atoms with van der Waals surface area (Å²) < 4.78 is 0. The highest BCUT2D eigenvalue weighted by Crippen LogP contribution is 2.42. The van der Waals surface area contributed by atoms with Crippen molar-refractivity contribution in [3.63, 3.8) is 0 Å². The normalized spacial score (nSPS) is 11.5. The molecule has 2 rings (SSSR count).